The number of hydrogen-bond donors (Lipinski definition) is 0. The lowest BCUT2D eigenvalue weighted by atomic mass is 10.3. The first-order valence-electron chi connectivity index (χ1n) is 4.89. The summed E-state index contributed by atoms with van der Waals surface area (Å²) >= 11 is 2.29. The normalized spacial score (nSPS) is 11.1. The van der Waals surface area contributed by atoms with E-state index in [4.69, 9.17) is 4.74 Å². The van der Waals surface area contributed by atoms with Gasteiger partial charge in [0, 0.05) is 15.8 Å². The van der Waals surface area contributed by atoms with E-state index >= 15 is 0 Å². The number of ether oxygens (including phenoxy) is 1. The second-order valence-corrected chi connectivity index (χ2v) is 4.79. The monoisotopic (exact) mass is 322 g/mol. The Morgan fingerprint density at radius 3 is 2.94 bits per heavy atom. The first kappa shape index (κ1) is 9.89. The van der Waals surface area contributed by atoms with Crippen molar-refractivity contribution in [2.45, 2.75) is 0 Å². The molecule has 0 saturated heterocycles. The molecule has 2 aromatic heterocycles. The number of imidazole rings is 1. The second-order valence-electron chi connectivity index (χ2n) is 3.54. The molecule has 16 heavy (non-hydrogen) atoms. The van der Waals surface area contributed by atoms with Gasteiger partial charge in [-0.1, -0.05) is 0 Å². The molecule has 0 radical (unpaired) electrons. The van der Waals surface area contributed by atoms with E-state index < -0.39 is 0 Å². The number of benzene rings is 1. The molecule has 0 spiro atoms. The van der Waals surface area contributed by atoms with Gasteiger partial charge < -0.3 is 4.74 Å². The molecule has 3 nitrogen and oxygen atoms in total. The van der Waals surface area contributed by atoms with Crippen molar-refractivity contribution in [2.75, 3.05) is 7.11 Å². The van der Waals surface area contributed by atoms with Crippen LogP contribution in [0, 0.1) is 3.57 Å². The van der Waals surface area contributed by atoms with Crippen molar-refractivity contribution in [3.63, 3.8) is 0 Å². The van der Waals surface area contributed by atoms with E-state index in [1.54, 1.807) is 7.11 Å². The zero-order valence-corrected chi connectivity index (χ0v) is 10.8. The van der Waals surface area contributed by atoms with Crippen LogP contribution < -0.4 is 4.74 Å². The highest BCUT2D eigenvalue weighted by molar-refractivity contribution is 14.1. The van der Waals surface area contributed by atoms with Crippen molar-refractivity contribution >= 4 is 39.3 Å². The van der Waals surface area contributed by atoms with Gasteiger partial charge in [0.25, 0.3) is 0 Å². The Morgan fingerprint density at radius 1 is 1.25 bits per heavy atom. The molecular formula is C12H9IN2O. The topological polar surface area (TPSA) is 26.5 Å². The van der Waals surface area contributed by atoms with Crippen LogP contribution in [-0.2, 0) is 0 Å². The predicted octanol–water partition coefficient (Wildman–Crippen LogP) is 3.10. The van der Waals surface area contributed by atoms with E-state index in [2.05, 4.69) is 44.1 Å². The molecule has 0 saturated carbocycles. The Labute approximate surface area is 106 Å². The number of nitrogens with zero attached hydrogens (tertiary/aromatic N) is 2. The molecule has 0 atom stereocenters. The highest BCUT2D eigenvalue weighted by Crippen LogP contribution is 2.22. The Kier molecular flexibility index (Phi) is 2.24. The molecule has 0 aliphatic rings. The van der Waals surface area contributed by atoms with Gasteiger partial charge >= 0.3 is 0 Å². The van der Waals surface area contributed by atoms with Gasteiger partial charge in [0.1, 0.15) is 11.4 Å². The molecule has 3 aromatic rings. The van der Waals surface area contributed by atoms with Crippen LogP contribution in [0.25, 0.3) is 16.7 Å². The Hall–Kier alpha value is -1.30. The molecule has 0 fully saturated rings. The summed E-state index contributed by atoms with van der Waals surface area (Å²) in [6.07, 6.45) is 2.04. The Balaban J connectivity index is 2.40. The third-order valence-electron chi connectivity index (χ3n) is 2.57. The minimum atomic E-state index is 0.839. The zero-order chi connectivity index (χ0) is 11.1. The Bertz CT molecular complexity index is 675. The van der Waals surface area contributed by atoms with Gasteiger partial charge in [-0.25, -0.2) is 4.98 Å². The Morgan fingerprint density at radius 2 is 2.12 bits per heavy atom. The summed E-state index contributed by atoms with van der Waals surface area (Å²) in [4.78, 5) is 4.56. The summed E-state index contributed by atoms with van der Waals surface area (Å²) in [6, 6.07) is 10.1. The lowest BCUT2D eigenvalue weighted by Gasteiger charge is -1.98. The van der Waals surface area contributed by atoms with Crippen LogP contribution in [-0.4, -0.2) is 16.5 Å². The zero-order valence-electron chi connectivity index (χ0n) is 8.64. The average Bonchev–Trinajstić information content (AvgIpc) is 2.64. The van der Waals surface area contributed by atoms with Crippen LogP contribution in [0.1, 0.15) is 0 Å². The third kappa shape index (κ3) is 1.44. The van der Waals surface area contributed by atoms with E-state index in [0.717, 1.165) is 22.4 Å². The maximum Gasteiger partial charge on any atom is 0.138 e. The maximum atomic E-state index is 5.19. The SMILES string of the molecule is COc1ccc2c(c1)nc1cc([125I])ccn12. The molecule has 0 aliphatic carbocycles. The van der Waals surface area contributed by atoms with E-state index in [9.17, 15) is 0 Å². The predicted molar refractivity (Wildman–Crippen MR) is 72.0 cm³/mol. The number of halogens is 1. The van der Waals surface area contributed by atoms with E-state index in [1.165, 1.54) is 3.57 Å². The summed E-state index contributed by atoms with van der Waals surface area (Å²) in [6.45, 7) is 0. The number of methoxy groups -OCH3 is 1. The van der Waals surface area contributed by atoms with E-state index in [1.807, 2.05) is 24.4 Å². The molecular weight excluding hydrogens is 313 g/mol. The molecule has 1 aromatic carbocycles. The summed E-state index contributed by atoms with van der Waals surface area (Å²) < 4.78 is 8.46. The van der Waals surface area contributed by atoms with Crippen LogP contribution >= 0.6 is 22.6 Å². The largest absolute Gasteiger partial charge is 0.497 e. The van der Waals surface area contributed by atoms with Crippen LogP contribution in [0.4, 0.5) is 0 Å². The standard InChI is InChI=1S/C12H9IN2O/c1-16-9-2-3-11-10(7-9)14-12-6-8(13)4-5-15(11)12/h2-7H,1H3/i13-2. The molecule has 0 bridgehead atoms. The molecule has 4 heteroatoms. The maximum absolute atomic E-state index is 5.19. The lowest BCUT2D eigenvalue weighted by Crippen LogP contribution is -1.84. The van der Waals surface area contributed by atoms with Crippen molar-refractivity contribution in [1.82, 2.24) is 9.38 Å². The van der Waals surface area contributed by atoms with Crippen LogP contribution in [0.2, 0.25) is 0 Å². The minimum Gasteiger partial charge on any atom is -0.497 e. The third-order valence-corrected chi connectivity index (χ3v) is 3.24. The van der Waals surface area contributed by atoms with Crippen molar-refractivity contribution < 1.29 is 4.74 Å². The molecule has 0 N–H and O–H groups in total. The summed E-state index contributed by atoms with van der Waals surface area (Å²) in [5, 5.41) is 0. The quantitative estimate of drug-likeness (QED) is 0.644. The molecule has 3 rings (SSSR count). The molecule has 2 heterocycles. The van der Waals surface area contributed by atoms with Gasteiger partial charge in [-0.05, 0) is 46.9 Å². The highest BCUT2D eigenvalue weighted by atomic mass is 125. The minimum absolute atomic E-state index is 0.839. The number of pyridine rings is 1. The van der Waals surface area contributed by atoms with Gasteiger partial charge in [0.2, 0.25) is 0 Å². The van der Waals surface area contributed by atoms with Gasteiger partial charge in [-0.2, -0.15) is 0 Å². The van der Waals surface area contributed by atoms with Crippen molar-refractivity contribution in [3.8, 4) is 5.75 Å². The average molecular weight is 322 g/mol. The number of fused-ring (bicyclic) bond motifs is 3. The fraction of sp³-hybridized carbons (Fsp3) is 0.0833. The molecule has 0 amide bonds. The summed E-state index contributed by atoms with van der Waals surface area (Å²) in [5.74, 6) is 0.839. The summed E-state index contributed by atoms with van der Waals surface area (Å²) in [7, 11) is 1.67. The van der Waals surface area contributed by atoms with Crippen molar-refractivity contribution in [3.05, 3.63) is 40.1 Å². The van der Waals surface area contributed by atoms with Crippen LogP contribution in [0.3, 0.4) is 0 Å². The first-order chi connectivity index (χ1) is 7.78. The van der Waals surface area contributed by atoms with Crippen LogP contribution in [0.15, 0.2) is 36.5 Å². The smallest absolute Gasteiger partial charge is 0.138 e. The fourth-order valence-electron chi connectivity index (χ4n) is 1.80. The summed E-state index contributed by atoms with van der Waals surface area (Å²) in [5.41, 5.74) is 3.03. The molecule has 0 unspecified atom stereocenters. The van der Waals surface area contributed by atoms with Gasteiger partial charge in [-0.15, -0.1) is 0 Å². The first-order valence-corrected chi connectivity index (χ1v) is 5.97. The van der Waals surface area contributed by atoms with E-state index in [-0.39, 0.29) is 0 Å². The molecule has 0 aliphatic heterocycles. The number of hydrogen-bond acceptors (Lipinski definition) is 2. The fourth-order valence-corrected chi connectivity index (χ4v) is 2.24. The van der Waals surface area contributed by atoms with Gasteiger partial charge in [-0.3, -0.25) is 4.40 Å². The second kappa shape index (κ2) is 3.62. The van der Waals surface area contributed by atoms with Crippen molar-refractivity contribution in [2.24, 2.45) is 0 Å². The van der Waals surface area contributed by atoms with Crippen molar-refractivity contribution in [1.29, 1.82) is 0 Å². The van der Waals surface area contributed by atoms with E-state index in [0.29, 0.717) is 0 Å². The number of rotatable bonds is 1. The van der Waals surface area contributed by atoms with Gasteiger partial charge in [0.15, 0.2) is 0 Å². The lowest BCUT2D eigenvalue weighted by molar-refractivity contribution is 0.415. The van der Waals surface area contributed by atoms with Gasteiger partial charge in [0.05, 0.1) is 18.1 Å². The highest BCUT2D eigenvalue weighted by Gasteiger charge is 2.05. The molecule has 80 valence electrons. The number of aromatic nitrogens is 2. The van der Waals surface area contributed by atoms with Crippen LogP contribution in [0.5, 0.6) is 5.75 Å².